The van der Waals surface area contributed by atoms with Crippen LogP contribution in [0, 0.1) is 0 Å². The highest BCUT2D eigenvalue weighted by atomic mass is 16.4. The van der Waals surface area contributed by atoms with E-state index in [-0.39, 0.29) is 12.5 Å². The summed E-state index contributed by atoms with van der Waals surface area (Å²) in [5.74, 6) is -0.760. The van der Waals surface area contributed by atoms with E-state index in [1.807, 2.05) is 18.2 Å². The largest absolute Gasteiger partial charge is 0.481 e. The van der Waals surface area contributed by atoms with Gasteiger partial charge in [-0.25, -0.2) is 0 Å². The Morgan fingerprint density at radius 3 is 2.39 bits per heavy atom. The molecule has 3 nitrogen and oxygen atoms in total. The van der Waals surface area contributed by atoms with Crippen molar-refractivity contribution in [2.24, 2.45) is 5.73 Å². The molecule has 0 aliphatic carbocycles. The van der Waals surface area contributed by atoms with E-state index in [9.17, 15) is 4.79 Å². The van der Waals surface area contributed by atoms with Gasteiger partial charge in [0.05, 0.1) is 0 Å². The van der Waals surface area contributed by atoms with E-state index in [4.69, 9.17) is 10.8 Å². The van der Waals surface area contributed by atoms with Crippen LogP contribution >= 0.6 is 0 Å². The summed E-state index contributed by atoms with van der Waals surface area (Å²) in [6, 6.07) is -0.0626. The lowest BCUT2D eigenvalue weighted by Crippen LogP contribution is -2.16. The maximum Gasteiger partial charge on any atom is 0.303 e. The predicted octanol–water partition coefficient (Wildman–Crippen LogP) is 5.15. The predicted molar refractivity (Wildman–Crippen MR) is 99.4 cm³/mol. The minimum absolute atomic E-state index is 0.0626. The van der Waals surface area contributed by atoms with Crippen molar-refractivity contribution in [2.75, 3.05) is 0 Å². The average molecular weight is 319 g/mol. The molecule has 23 heavy (non-hydrogen) atoms. The molecule has 0 saturated heterocycles. The number of hydrogen-bond donors (Lipinski definition) is 2. The van der Waals surface area contributed by atoms with Gasteiger partial charge in [-0.05, 0) is 38.5 Å². The van der Waals surface area contributed by atoms with Crippen LogP contribution < -0.4 is 5.73 Å². The Morgan fingerprint density at radius 2 is 1.70 bits per heavy atom. The number of carboxylic acids is 1. The summed E-state index contributed by atoms with van der Waals surface area (Å²) in [6.07, 6.45) is 25.3. The number of carboxylic acid groups (broad SMARTS) is 1. The zero-order valence-electron chi connectivity index (χ0n) is 14.5. The molecule has 0 amide bonds. The quantitative estimate of drug-likeness (QED) is 0.264. The van der Waals surface area contributed by atoms with Gasteiger partial charge in [0.2, 0.25) is 0 Å². The van der Waals surface area contributed by atoms with Gasteiger partial charge in [-0.2, -0.15) is 0 Å². The topological polar surface area (TPSA) is 63.3 Å². The fourth-order valence-corrected chi connectivity index (χ4v) is 2.03. The number of nitrogens with two attached hydrogens (primary N) is 1. The third-order valence-electron chi connectivity index (χ3n) is 3.39. The molecule has 3 N–H and O–H groups in total. The minimum atomic E-state index is -0.760. The van der Waals surface area contributed by atoms with Gasteiger partial charge in [-0.1, -0.05) is 68.4 Å². The lowest BCUT2D eigenvalue weighted by Gasteiger charge is -2.03. The summed E-state index contributed by atoms with van der Waals surface area (Å²) >= 11 is 0. The van der Waals surface area contributed by atoms with Gasteiger partial charge in [-0.3, -0.25) is 4.79 Å². The first kappa shape index (κ1) is 21.4. The van der Waals surface area contributed by atoms with Crippen LogP contribution in [-0.2, 0) is 4.79 Å². The van der Waals surface area contributed by atoms with Crippen LogP contribution in [0.4, 0.5) is 0 Å². The summed E-state index contributed by atoms with van der Waals surface area (Å²) in [5.41, 5.74) is 5.86. The average Bonchev–Trinajstić information content (AvgIpc) is 2.51. The molecule has 0 aromatic rings. The third kappa shape index (κ3) is 18.3. The Kier molecular flexibility index (Phi) is 15.6. The lowest BCUT2D eigenvalue weighted by molar-refractivity contribution is -0.137. The highest BCUT2D eigenvalue weighted by Gasteiger charge is 2.00. The number of hydrogen-bond acceptors (Lipinski definition) is 2. The molecule has 0 unspecified atom stereocenters. The van der Waals surface area contributed by atoms with Crippen LogP contribution in [-0.4, -0.2) is 17.1 Å². The van der Waals surface area contributed by atoms with Crippen molar-refractivity contribution in [3.63, 3.8) is 0 Å². The van der Waals surface area contributed by atoms with Gasteiger partial charge in [0.15, 0.2) is 0 Å². The smallest absolute Gasteiger partial charge is 0.303 e. The van der Waals surface area contributed by atoms with Crippen molar-refractivity contribution in [1.29, 1.82) is 0 Å². The van der Waals surface area contributed by atoms with Crippen molar-refractivity contribution in [1.82, 2.24) is 0 Å². The summed E-state index contributed by atoms with van der Waals surface area (Å²) < 4.78 is 0. The highest BCUT2D eigenvalue weighted by Crippen LogP contribution is 2.01. The van der Waals surface area contributed by atoms with Crippen molar-refractivity contribution in [3.05, 3.63) is 48.6 Å². The standard InChI is InChI=1S/C20H33NO2/c1-2-3-4-5-6-7-8-9-10-11-12-13-14-16-19(21)17-15-18-20(22)23/h6-7,9-10,12-14,16,19H,2-5,8,11,15,17-18,21H2,1H3,(H,22,23)/b7-6-,10-9-,13-12-,16-14+/t19-/m1/s1. The Morgan fingerprint density at radius 1 is 1.00 bits per heavy atom. The Bertz CT molecular complexity index is 394. The van der Waals surface area contributed by atoms with E-state index in [1.165, 1.54) is 25.7 Å². The normalized spacial score (nSPS) is 13.8. The molecule has 1 atom stereocenters. The molecule has 0 heterocycles. The first-order valence-corrected chi connectivity index (χ1v) is 8.77. The van der Waals surface area contributed by atoms with Crippen LogP contribution in [0.5, 0.6) is 0 Å². The summed E-state index contributed by atoms with van der Waals surface area (Å²) in [5, 5.41) is 8.54. The second kappa shape index (κ2) is 16.8. The summed E-state index contributed by atoms with van der Waals surface area (Å²) in [4.78, 5) is 10.4. The number of aliphatic carboxylic acids is 1. The number of allylic oxidation sites excluding steroid dienone is 7. The van der Waals surface area contributed by atoms with Gasteiger partial charge in [0.1, 0.15) is 0 Å². The molecule has 0 rings (SSSR count). The molecule has 0 bridgehead atoms. The van der Waals surface area contributed by atoms with Gasteiger partial charge in [0.25, 0.3) is 0 Å². The molecule has 130 valence electrons. The van der Waals surface area contributed by atoms with Crippen LogP contribution in [0.25, 0.3) is 0 Å². The second-order valence-electron chi connectivity index (χ2n) is 5.67. The molecule has 0 radical (unpaired) electrons. The van der Waals surface area contributed by atoms with Crippen molar-refractivity contribution < 1.29 is 9.90 Å². The molecule has 0 fully saturated rings. The molecular formula is C20H33NO2. The van der Waals surface area contributed by atoms with Gasteiger partial charge < -0.3 is 10.8 Å². The van der Waals surface area contributed by atoms with Crippen molar-refractivity contribution in [2.45, 2.75) is 70.8 Å². The Balaban J connectivity index is 3.59. The Hall–Kier alpha value is -1.61. The molecule has 0 spiro atoms. The van der Waals surface area contributed by atoms with E-state index in [2.05, 4.69) is 37.3 Å². The van der Waals surface area contributed by atoms with Crippen molar-refractivity contribution in [3.8, 4) is 0 Å². The first-order valence-electron chi connectivity index (χ1n) is 8.77. The van der Waals surface area contributed by atoms with Crippen molar-refractivity contribution >= 4 is 5.97 Å². The maximum atomic E-state index is 10.4. The van der Waals surface area contributed by atoms with E-state index < -0.39 is 5.97 Å². The molecule has 0 aromatic heterocycles. The lowest BCUT2D eigenvalue weighted by atomic mass is 10.1. The molecule has 0 saturated carbocycles. The number of rotatable bonds is 14. The van der Waals surface area contributed by atoms with E-state index in [0.29, 0.717) is 12.8 Å². The SMILES string of the molecule is CCCCC/C=C\C/C=C\C/C=C\C=C\[C@@H](N)CCCC(=O)O. The van der Waals surface area contributed by atoms with Gasteiger partial charge >= 0.3 is 5.97 Å². The fourth-order valence-electron chi connectivity index (χ4n) is 2.03. The zero-order valence-corrected chi connectivity index (χ0v) is 14.5. The van der Waals surface area contributed by atoms with Gasteiger partial charge in [-0.15, -0.1) is 0 Å². The Labute approximate surface area is 141 Å². The van der Waals surface area contributed by atoms with Crippen LogP contribution in [0.15, 0.2) is 48.6 Å². The number of carbonyl (C=O) groups is 1. The van der Waals surface area contributed by atoms with Gasteiger partial charge in [0, 0.05) is 12.5 Å². The number of unbranched alkanes of at least 4 members (excludes halogenated alkanes) is 3. The van der Waals surface area contributed by atoms with Crippen LogP contribution in [0.1, 0.15) is 64.7 Å². The third-order valence-corrected chi connectivity index (χ3v) is 3.39. The fraction of sp³-hybridized carbons (Fsp3) is 0.550. The highest BCUT2D eigenvalue weighted by molar-refractivity contribution is 5.66. The summed E-state index contributed by atoms with van der Waals surface area (Å²) in [6.45, 7) is 2.22. The first-order chi connectivity index (χ1) is 11.2. The van der Waals surface area contributed by atoms with Crippen LogP contribution in [0.2, 0.25) is 0 Å². The molecule has 0 aliphatic heterocycles. The zero-order chi connectivity index (χ0) is 17.2. The molecular weight excluding hydrogens is 286 g/mol. The van der Waals surface area contributed by atoms with E-state index in [1.54, 1.807) is 0 Å². The molecule has 0 aromatic carbocycles. The second-order valence-corrected chi connectivity index (χ2v) is 5.67. The minimum Gasteiger partial charge on any atom is -0.481 e. The van der Waals surface area contributed by atoms with Crippen LogP contribution in [0.3, 0.4) is 0 Å². The molecule has 3 heteroatoms. The van der Waals surface area contributed by atoms with E-state index in [0.717, 1.165) is 12.8 Å². The summed E-state index contributed by atoms with van der Waals surface area (Å²) in [7, 11) is 0. The monoisotopic (exact) mass is 319 g/mol. The van der Waals surface area contributed by atoms with E-state index >= 15 is 0 Å². The molecule has 0 aliphatic rings. The maximum absolute atomic E-state index is 10.4.